The number of fused-ring (bicyclic) bond motifs is 1. The summed E-state index contributed by atoms with van der Waals surface area (Å²) in [6.45, 7) is 0. The van der Waals surface area contributed by atoms with Crippen molar-refractivity contribution in [3.63, 3.8) is 0 Å². The lowest BCUT2D eigenvalue weighted by molar-refractivity contribution is -0.123. The molecule has 11 heteroatoms. The van der Waals surface area contributed by atoms with Crippen LogP contribution >= 0.6 is 0 Å². The number of amides is 3. The lowest BCUT2D eigenvalue weighted by Gasteiger charge is -2.22. The van der Waals surface area contributed by atoms with E-state index in [1.165, 1.54) is 44.5 Å². The molecule has 0 atom stereocenters. The number of carbonyl (C=O) groups is 3. The molecular weight excluding hydrogens is 472 g/mol. The number of nitrogens with one attached hydrogen (secondary N) is 3. The molecule has 3 amide bonds. The van der Waals surface area contributed by atoms with Crippen molar-refractivity contribution < 1.29 is 27.5 Å². The first-order chi connectivity index (χ1) is 16.7. The van der Waals surface area contributed by atoms with Gasteiger partial charge in [-0.15, -0.1) is 0 Å². The Hall–Kier alpha value is -4.38. The van der Waals surface area contributed by atoms with E-state index in [9.17, 15) is 22.8 Å². The summed E-state index contributed by atoms with van der Waals surface area (Å²) < 4.78 is 33.0. The highest BCUT2D eigenvalue weighted by atomic mass is 32.2. The number of benzene rings is 3. The summed E-state index contributed by atoms with van der Waals surface area (Å²) in [4.78, 5) is 36.5. The Kier molecular flexibility index (Phi) is 6.43. The molecule has 1 heterocycles. The maximum Gasteiger partial charge on any atom is 0.264 e. The molecule has 0 saturated heterocycles. The van der Waals surface area contributed by atoms with Crippen molar-refractivity contribution in [1.29, 1.82) is 0 Å². The number of carbonyl (C=O) groups excluding carboxylic acids is 3. The summed E-state index contributed by atoms with van der Waals surface area (Å²) in [6.07, 6.45) is -0.368. The van der Waals surface area contributed by atoms with Gasteiger partial charge < -0.3 is 20.7 Å². The quantitative estimate of drug-likeness (QED) is 0.451. The lowest BCUT2D eigenvalue weighted by Crippen LogP contribution is -2.29. The molecule has 0 unspecified atom stereocenters. The van der Waals surface area contributed by atoms with Gasteiger partial charge >= 0.3 is 0 Å². The molecule has 0 aromatic heterocycles. The highest BCUT2D eigenvalue weighted by Crippen LogP contribution is 2.31. The zero-order valence-corrected chi connectivity index (χ0v) is 19.7. The average molecular weight is 495 g/mol. The highest BCUT2D eigenvalue weighted by molar-refractivity contribution is 7.92. The normalized spacial score (nSPS) is 13.1. The smallest absolute Gasteiger partial charge is 0.264 e. The second-order valence-electron chi connectivity index (χ2n) is 7.65. The second-order valence-corrected chi connectivity index (χ2v) is 9.62. The van der Waals surface area contributed by atoms with E-state index in [1.54, 1.807) is 36.4 Å². The molecule has 0 saturated carbocycles. The third-order valence-corrected chi connectivity index (χ3v) is 7.12. The van der Waals surface area contributed by atoms with Crippen molar-refractivity contribution in [2.24, 2.45) is 0 Å². The largest absolute Gasteiger partial charge is 0.497 e. The Morgan fingerprint density at radius 3 is 2.29 bits per heavy atom. The van der Waals surface area contributed by atoms with Crippen molar-refractivity contribution in [3.05, 3.63) is 72.3 Å². The first-order valence-electron chi connectivity index (χ1n) is 10.5. The maximum absolute atomic E-state index is 13.4. The summed E-state index contributed by atoms with van der Waals surface area (Å²) in [6, 6.07) is 17.0. The van der Waals surface area contributed by atoms with Crippen LogP contribution in [0.15, 0.2) is 71.6 Å². The van der Waals surface area contributed by atoms with Crippen LogP contribution in [0, 0.1) is 0 Å². The SMILES string of the molecule is COc1ccc(NC(=O)c2ccccc2N(C)S(=O)(=O)c2ccc3c(c2)NC(=O)CC(=O)N3)cc1. The molecule has 4 rings (SSSR count). The Morgan fingerprint density at radius 1 is 0.943 bits per heavy atom. The molecule has 0 fully saturated rings. The molecule has 1 aliphatic heterocycles. The predicted molar refractivity (Wildman–Crippen MR) is 131 cm³/mol. The number of ether oxygens (including phenoxy) is 1. The minimum Gasteiger partial charge on any atom is -0.497 e. The van der Waals surface area contributed by atoms with Crippen LogP contribution < -0.4 is 25.0 Å². The van der Waals surface area contributed by atoms with Gasteiger partial charge in [-0.05, 0) is 54.6 Å². The Balaban J connectivity index is 1.64. The van der Waals surface area contributed by atoms with E-state index >= 15 is 0 Å². The van der Waals surface area contributed by atoms with Crippen LogP contribution in [0.4, 0.5) is 22.7 Å². The van der Waals surface area contributed by atoms with E-state index < -0.39 is 27.7 Å². The van der Waals surface area contributed by atoms with Crippen molar-refractivity contribution in [2.45, 2.75) is 11.3 Å². The number of nitrogens with zero attached hydrogens (tertiary/aromatic N) is 1. The first-order valence-corrected chi connectivity index (χ1v) is 11.9. The van der Waals surface area contributed by atoms with Gasteiger partial charge in [-0.2, -0.15) is 0 Å². The van der Waals surface area contributed by atoms with Gasteiger partial charge in [0.25, 0.3) is 15.9 Å². The Morgan fingerprint density at radius 2 is 1.60 bits per heavy atom. The molecule has 10 nitrogen and oxygen atoms in total. The molecule has 0 radical (unpaired) electrons. The summed E-state index contributed by atoms with van der Waals surface area (Å²) in [5, 5.41) is 7.84. The van der Waals surface area contributed by atoms with Crippen LogP contribution in [0.3, 0.4) is 0 Å². The zero-order chi connectivity index (χ0) is 25.2. The number of methoxy groups -OCH3 is 1. The maximum atomic E-state index is 13.4. The van der Waals surface area contributed by atoms with Gasteiger partial charge in [-0.3, -0.25) is 18.7 Å². The topological polar surface area (TPSA) is 134 Å². The van der Waals surface area contributed by atoms with E-state index in [2.05, 4.69) is 16.0 Å². The van der Waals surface area contributed by atoms with Crippen molar-refractivity contribution in [1.82, 2.24) is 0 Å². The predicted octanol–water partition coefficient (Wildman–Crippen LogP) is 3.05. The molecule has 0 aliphatic carbocycles. The van der Waals surface area contributed by atoms with Crippen molar-refractivity contribution >= 4 is 50.5 Å². The van der Waals surface area contributed by atoms with Gasteiger partial charge in [0, 0.05) is 12.7 Å². The van der Waals surface area contributed by atoms with Crippen LogP contribution in [-0.2, 0) is 19.6 Å². The number of rotatable bonds is 6. The van der Waals surface area contributed by atoms with Crippen LogP contribution in [0.5, 0.6) is 5.75 Å². The van der Waals surface area contributed by atoms with Gasteiger partial charge in [-0.1, -0.05) is 12.1 Å². The molecule has 1 aliphatic rings. The second kappa shape index (κ2) is 9.47. The van der Waals surface area contributed by atoms with Gasteiger partial charge in [0.1, 0.15) is 12.2 Å². The van der Waals surface area contributed by atoms with Crippen LogP contribution in [0.2, 0.25) is 0 Å². The van der Waals surface area contributed by atoms with Gasteiger partial charge in [0.05, 0.1) is 34.6 Å². The molecule has 0 bridgehead atoms. The molecule has 3 N–H and O–H groups in total. The fourth-order valence-corrected chi connectivity index (χ4v) is 4.77. The van der Waals surface area contributed by atoms with Crippen molar-refractivity contribution in [3.8, 4) is 5.75 Å². The van der Waals surface area contributed by atoms with Gasteiger partial charge in [0.15, 0.2) is 0 Å². The number of sulfonamides is 1. The minimum atomic E-state index is -4.13. The Bertz CT molecular complexity index is 1420. The molecule has 3 aromatic rings. The lowest BCUT2D eigenvalue weighted by atomic mass is 10.1. The van der Waals surface area contributed by atoms with E-state index in [0.29, 0.717) is 17.1 Å². The third kappa shape index (κ3) is 4.94. The number of para-hydroxylation sites is 1. The standard InChI is InChI=1S/C24H22N4O6S/c1-28(35(32,33)17-11-12-19-20(13-17)27-23(30)14-22(29)26-19)21-6-4-3-5-18(21)24(31)25-15-7-9-16(34-2)10-8-15/h3-13H,14H2,1-2H3,(H,25,31)(H,26,29)(H,27,30). The van der Waals surface area contributed by atoms with Gasteiger partial charge in [0.2, 0.25) is 11.8 Å². The fraction of sp³-hybridized carbons (Fsp3) is 0.125. The van der Waals surface area contributed by atoms with Gasteiger partial charge in [-0.25, -0.2) is 8.42 Å². The number of hydrogen-bond donors (Lipinski definition) is 3. The molecular formula is C24H22N4O6S. The molecule has 0 spiro atoms. The summed E-state index contributed by atoms with van der Waals surface area (Å²) in [5.74, 6) is -0.911. The fourth-order valence-electron chi connectivity index (χ4n) is 3.53. The summed E-state index contributed by atoms with van der Waals surface area (Å²) in [7, 11) is -1.26. The molecule has 35 heavy (non-hydrogen) atoms. The van der Waals surface area contributed by atoms with Crippen LogP contribution in [0.1, 0.15) is 16.8 Å². The summed E-state index contributed by atoms with van der Waals surface area (Å²) in [5.41, 5.74) is 1.28. The van der Waals surface area contributed by atoms with Crippen LogP contribution in [-0.4, -0.2) is 40.3 Å². The minimum absolute atomic E-state index is 0.124. The molecule has 3 aromatic carbocycles. The van der Waals surface area contributed by atoms with Crippen LogP contribution in [0.25, 0.3) is 0 Å². The van der Waals surface area contributed by atoms with Crippen molar-refractivity contribution in [2.75, 3.05) is 34.4 Å². The Labute approximate surface area is 201 Å². The van der Waals surface area contributed by atoms with E-state index in [0.717, 1.165) is 4.31 Å². The zero-order valence-electron chi connectivity index (χ0n) is 18.9. The third-order valence-electron chi connectivity index (χ3n) is 5.35. The first kappa shape index (κ1) is 23.8. The van der Waals surface area contributed by atoms with E-state index in [4.69, 9.17) is 4.74 Å². The average Bonchev–Trinajstić information content (AvgIpc) is 2.99. The molecule has 180 valence electrons. The monoisotopic (exact) mass is 494 g/mol. The number of hydrogen-bond acceptors (Lipinski definition) is 6. The number of anilines is 4. The van der Waals surface area contributed by atoms with E-state index in [-0.39, 0.29) is 28.3 Å². The summed E-state index contributed by atoms with van der Waals surface area (Å²) >= 11 is 0. The van der Waals surface area contributed by atoms with E-state index in [1.807, 2.05) is 0 Å². The highest BCUT2D eigenvalue weighted by Gasteiger charge is 2.27.